The number of hydrogen-bond donors (Lipinski definition) is 3. The smallest absolute Gasteiger partial charge is 0.272 e. The summed E-state index contributed by atoms with van der Waals surface area (Å²) in [5.74, 6) is -0.604. The molecule has 154 valence electrons. The number of rotatable bonds is 3. The lowest BCUT2D eigenvalue weighted by molar-refractivity contribution is -0.143. The minimum atomic E-state index is -0.725. The molecule has 4 heterocycles. The predicted molar refractivity (Wildman–Crippen MR) is 110 cm³/mol. The van der Waals surface area contributed by atoms with Crippen molar-refractivity contribution in [2.24, 2.45) is 5.41 Å². The van der Waals surface area contributed by atoms with Crippen LogP contribution in [0.4, 0.5) is 5.69 Å². The van der Waals surface area contributed by atoms with Crippen LogP contribution in [-0.2, 0) is 15.0 Å². The largest absolute Gasteiger partial charge is 0.345 e. The molecule has 5 rings (SSSR count). The van der Waals surface area contributed by atoms with Crippen molar-refractivity contribution in [2.75, 3.05) is 5.06 Å². The Hall–Kier alpha value is -3.39. The van der Waals surface area contributed by atoms with E-state index in [-0.39, 0.29) is 17.5 Å². The van der Waals surface area contributed by atoms with Gasteiger partial charge >= 0.3 is 0 Å². The molecule has 0 spiro atoms. The lowest BCUT2D eigenvalue weighted by Gasteiger charge is -2.44. The van der Waals surface area contributed by atoms with Crippen LogP contribution in [0.1, 0.15) is 31.5 Å². The van der Waals surface area contributed by atoms with Crippen LogP contribution in [-0.4, -0.2) is 44.1 Å². The van der Waals surface area contributed by atoms with Gasteiger partial charge in [-0.1, -0.05) is 38.1 Å². The number of nitrogens with zero attached hydrogens (tertiary/aromatic N) is 3. The summed E-state index contributed by atoms with van der Waals surface area (Å²) in [6.45, 7) is 8.09. The third-order valence-electron chi connectivity index (χ3n) is 6.92. The van der Waals surface area contributed by atoms with Gasteiger partial charge in [0.15, 0.2) is 0 Å². The van der Waals surface area contributed by atoms with E-state index in [2.05, 4.69) is 21.9 Å². The summed E-state index contributed by atoms with van der Waals surface area (Å²) < 4.78 is 0. The molecule has 3 atom stereocenters. The molecular formula is C22H23N5O3. The molecule has 2 fully saturated rings. The molecule has 2 saturated heterocycles. The van der Waals surface area contributed by atoms with Gasteiger partial charge in [0.05, 0.1) is 23.9 Å². The van der Waals surface area contributed by atoms with Gasteiger partial charge in [0.2, 0.25) is 5.91 Å². The molecule has 3 aliphatic heterocycles. The summed E-state index contributed by atoms with van der Waals surface area (Å²) in [4.78, 5) is 35.0. The lowest BCUT2D eigenvalue weighted by atomic mass is 9.60. The van der Waals surface area contributed by atoms with E-state index in [9.17, 15) is 14.8 Å². The molecule has 8 nitrogen and oxygen atoms in total. The second kappa shape index (κ2) is 6.06. The Morgan fingerprint density at radius 2 is 2.10 bits per heavy atom. The highest BCUT2D eigenvalue weighted by atomic mass is 16.5. The van der Waals surface area contributed by atoms with Crippen molar-refractivity contribution >= 4 is 23.6 Å². The number of allylic oxidation sites excluding steroid dienone is 1. The summed E-state index contributed by atoms with van der Waals surface area (Å²) in [6, 6.07) is 6.87. The summed E-state index contributed by atoms with van der Waals surface area (Å²) >= 11 is 0. The van der Waals surface area contributed by atoms with E-state index in [1.165, 1.54) is 11.2 Å². The molecule has 3 N–H and O–H groups in total. The molecule has 3 unspecified atom stereocenters. The maximum atomic E-state index is 13.5. The number of anilines is 1. The molecule has 1 aromatic carbocycles. The van der Waals surface area contributed by atoms with Gasteiger partial charge in [-0.05, 0) is 29.5 Å². The first kappa shape index (κ1) is 18.6. The molecule has 0 aliphatic carbocycles. The van der Waals surface area contributed by atoms with Crippen molar-refractivity contribution in [3.63, 3.8) is 0 Å². The fraction of sp³-hybridized carbons (Fsp3) is 0.318. The Morgan fingerprint density at radius 3 is 2.80 bits per heavy atom. The van der Waals surface area contributed by atoms with E-state index >= 15 is 0 Å². The van der Waals surface area contributed by atoms with Gasteiger partial charge in [0.25, 0.3) is 5.91 Å². The second-order valence-electron chi connectivity index (χ2n) is 8.62. The van der Waals surface area contributed by atoms with Crippen LogP contribution >= 0.6 is 0 Å². The monoisotopic (exact) mass is 405 g/mol. The molecule has 30 heavy (non-hydrogen) atoms. The number of para-hydroxylation sites is 1. The van der Waals surface area contributed by atoms with Crippen molar-refractivity contribution in [1.82, 2.24) is 20.2 Å². The lowest BCUT2D eigenvalue weighted by Crippen LogP contribution is -2.61. The Kier molecular flexibility index (Phi) is 3.76. The van der Waals surface area contributed by atoms with Gasteiger partial charge in [-0.25, -0.2) is 10.0 Å². The van der Waals surface area contributed by atoms with Gasteiger partial charge in [0.1, 0.15) is 17.9 Å². The first-order valence-electron chi connectivity index (χ1n) is 9.86. The number of imidazole rings is 1. The van der Waals surface area contributed by atoms with Crippen molar-refractivity contribution in [1.29, 1.82) is 0 Å². The van der Waals surface area contributed by atoms with E-state index in [4.69, 9.17) is 0 Å². The fourth-order valence-electron chi connectivity index (χ4n) is 5.28. The fourth-order valence-corrected chi connectivity index (χ4v) is 5.28. The van der Waals surface area contributed by atoms with Crippen LogP contribution < -0.4 is 10.4 Å². The van der Waals surface area contributed by atoms with E-state index in [1.54, 1.807) is 12.3 Å². The van der Waals surface area contributed by atoms with E-state index in [1.807, 2.05) is 44.2 Å². The highest BCUT2D eigenvalue weighted by molar-refractivity contribution is 6.08. The summed E-state index contributed by atoms with van der Waals surface area (Å²) in [7, 11) is 0. The normalized spacial score (nSPS) is 29.0. The van der Waals surface area contributed by atoms with Crippen LogP contribution in [0.2, 0.25) is 0 Å². The number of hydrogen-bond acceptors (Lipinski definition) is 5. The standard InChI is InChI=1S/C22H23N5O3/c1-4-21(2,3)22-10-17-18(28)25-15(9-13-11-23-12-24-13)19(29)26(17)20(22)27(30)16-8-6-5-7-14(16)22/h4-9,11-12,17,20,30H,1,10H2,2-3H3,(H,23,24)(H,25,28). The van der Waals surface area contributed by atoms with E-state index < -0.39 is 23.0 Å². The van der Waals surface area contributed by atoms with Crippen LogP contribution in [0.3, 0.4) is 0 Å². The van der Waals surface area contributed by atoms with Crippen molar-refractivity contribution in [3.8, 4) is 0 Å². The zero-order valence-electron chi connectivity index (χ0n) is 16.8. The van der Waals surface area contributed by atoms with Crippen molar-refractivity contribution < 1.29 is 14.8 Å². The molecule has 3 aliphatic rings. The molecule has 8 heteroatoms. The van der Waals surface area contributed by atoms with E-state index in [0.29, 0.717) is 17.8 Å². The molecule has 0 bridgehead atoms. The Morgan fingerprint density at radius 1 is 1.33 bits per heavy atom. The van der Waals surface area contributed by atoms with Crippen LogP contribution in [0.25, 0.3) is 6.08 Å². The van der Waals surface area contributed by atoms with Crippen molar-refractivity contribution in [3.05, 3.63) is 66.4 Å². The highest BCUT2D eigenvalue weighted by Gasteiger charge is 2.69. The number of fused-ring (bicyclic) bond motifs is 5. The predicted octanol–water partition coefficient (Wildman–Crippen LogP) is 2.17. The topological polar surface area (TPSA) is 102 Å². The van der Waals surface area contributed by atoms with Crippen LogP contribution in [0.15, 0.2) is 55.1 Å². The van der Waals surface area contributed by atoms with Crippen molar-refractivity contribution in [2.45, 2.75) is 37.9 Å². The number of hydroxylamine groups is 1. The number of aromatic nitrogens is 2. The quantitative estimate of drug-likeness (QED) is 0.537. The second-order valence-corrected chi connectivity index (χ2v) is 8.62. The first-order valence-corrected chi connectivity index (χ1v) is 9.86. The molecule has 2 aromatic rings. The Labute approximate surface area is 173 Å². The van der Waals surface area contributed by atoms with Gasteiger partial charge in [-0.2, -0.15) is 0 Å². The first-order chi connectivity index (χ1) is 14.3. The maximum absolute atomic E-state index is 13.5. The summed E-state index contributed by atoms with van der Waals surface area (Å²) in [5.41, 5.74) is 1.12. The number of piperazine rings is 1. The number of H-pyrrole nitrogens is 1. The average Bonchev–Trinajstić information content (AvgIpc) is 3.42. The number of aromatic amines is 1. The minimum absolute atomic E-state index is 0.150. The number of carbonyl (C=O) groups is 2. The summed E-state index contributed by atoms with van der Waals surface area (Å²) in [6.07, 6.45) is 6.14. The minimum Gasteiger partial charge on any atom is -0.345 e. The molecule has 1 aromatic heterocycles. The Balaban J connectivity index is 1.69. The number of benzene rings is 1. The van der Waals surface area contributed by atoms with Gasteiger partial charge < -0.3 is 15.2 Å². The Bertz CT molecular complexity index is 1090. The molecule has 0 saturated carbocycles. The molecular weight excluding hydrogens is 382 g/mol. The zero-order chi connectivity index (χ0) is 21.3. The van der Waals surface area contributed by atoms with Gasteiger partial charge in [0, 0.05) is 5.41 Å². The highest BCUT2D eigenvalue weighted by Crippen LogP contribution is 2.62. The average molecular weight is 405 g/mol. The van der Waals surface area contributed by atoms with Gasteiger partial charge in [-0.15, -0.1) is 6.58 Å². The third kappa shape index (κ3) is 2.16. The number of amides is 2. The van der Waals surface area contributed by atoms with Crippen LogP contribution in [0, 0.1) is 5.41 Å². The summed E-state index contributed by atoms with van der Waals surface area (Å²) in [5, 5.41) is 15.1. The SMILES string of the molecule is C=CC(C)(C)C12CC3C(=O)NC(=Cc4cnc[nH]4)C(=O)N3C1N(O)c1ccccc12. The molecule has 2 amide bonds. The van der Waals surface area contributed by atoms with Gasteiger partial charge in [-0.3, -0.25) is 14.8 Å². The maximum Gasteiger partial charge on any atom is 0.272 e. The van der Waals surface area contributed by atoms with Crippen LogP contribution in [0.5, 0.6) is 0 Å². The third-order valence-corrected chi connectivity index (χ3v) is 6.92. The number of nitrogens with one attached hydrogen (secondary N) is 2. The van der Waals surface area contributed by atoms with E-state index in [0.717, 1.165) is 10.6 Å². The number of carbonyl (C=O) groups excluding carboxylic acids is 2. The zero-order valence-corrected chi connectivity index (χ0v) is 16.8. The molecule has 0 radical (unpaired) electrons.